The number of fused-ring (bicyclic) bond motifs is 1. The lowest BCUT2D eigenvalue weighted by Crippen LogP contribution is -2.40. The van der Waals surface area contributed by atoms with E-state index in [9.17, 15) is 14.7 Å². The number of carboxylic acid groups (broad SMARTS) is 1. The van der Waals surface area contributed by atoms with Crippen molar-refractivity contribution in [3.63, 3.8) is 0 Å². The van der Waals surface area contributed by atoms with Gasteiger partial charge < -0.3 is 15.4 Å². The Hall–Kier alpha value is -1.82. The van der Waals surface area contributed by atoms with Crippen molar-refractivity contribution in [1.29, 1.82) is 0 Å². The highest BCUT2D eigenvalue weighted by atomic mass is 79.9. The Labute approximate surface area is 130 Å². The van der Waals surface area contributed by atoms with Crippen molar-refractivity contribution in [2.75, 3.05) is 0 Å². The van der Waals surface area contributed by atoms with Crippen LogP contribution < -0.4 is 5.32 Å². The zero-order valence-corrected chi connectivity index (χ0v) is 13.2. The summed E-state index contributed by atoms with van der Waals surface area (Å²) in [5.74, 6) is -1.38. The number of H-pyrrole nitrogens is 1. The molecule has 0 saturated heterocycles. The number of nitrogens with one attached hydrogen (secondary N) is 2. The Morgan fingerprint density at radius 3 is 2.86 bits per heavy atom. The number of rotatable bonds is 6. The van der Waals surface area contributed by atoms with Gasteiger partial charge in [0.05, 0.1) is 5.56 Å². The SMILES string of the molecule is CCCCC(NC(=O)c1c[nH]c2cccc(Br)c12)C(=O)O. The predicted molar refractivity (Wildman–Crippen MR) is 84.4 cm³/mol. The normalized spacial score (nSPS) is 12.3. The molecule has 0 bridgehead atoms. The van der Waals surface area contributed by atoms with Gasteiger partial charge >= 0.3 is 5.97 Å². The van der Waals surface area contributed by atoms with Crippen LogP contribution in [0.5, 0.6) is 0 Å². The third kappa shape index (κ3) is 3.44. The minimum atomic E-state index is -1.00. The highest BCUT2D eigenvalue weighted by Gasteiger charge is 2.22. The largest absolute Gasteiger partial charge is 0.480 e. The van der Waals surface area contributed by atoms with E-state index in [0.717, 1.165) is 28.2 Å². The van der Waals surface area contributed by atoms with Crippen LogP contribution in [0.4, 0.5) is 0 Å². The van der Waals surface area contributed by atoms with E-state index < -0.39 is 12.0 Å². The number of amides is 1. The molecule has 1 unspecified atom stereocenters. The summed E-state index contributed by atoms with van der Waals surface area (Å²) < 4.78 is 0.798. The van der Waals surface area contributed by atoms with Gasteiger partial charge in [-0.05, 0) is 18.6 Å². The van der Waals surface area contributed by atoms with E-state index in [2.05, 4.69) is 26.2 Å². The van der Waals surface area contributed by atoms with Gasteiger partial charge in [0.2, 0.25) is 0 Å². The first-order chi connectivity index (χ1) is 10.0. The summed E-state index contributed by atoms with van der Waals surface area (Å²) in [5.41, 5.74) is 1.27. The molecule has 0 aliphatic carbocycles. The maximum absolute atomic E-state index is 12.3. The molecular weight excluding hydrogens is 336 g/mol. The van der Waals surface area contributed by atoms with Crippen LogP contribution in [-0.4, -0.2) is 28.0 Å². The molecule has 112 valence electrons. The molecule has 3 N–H and O–H groups in total. The summed E-state index contributed by atoms with van der Waals surface area (Å²) in [7, 11) is 0. The van der Waals surface area contributed by atoms with Gasteiger partial charge in [-0.25, -0.2) is 4.79 Å². The number of carbonyl (C=O) groups is 2. The van der Waals surface area contributed by atoms with Crippen molar-refractivity contribution in [2.24, 2.45) is 0 Å². The molecule has 0 aliphatic rings. The predicted octanol–water partition coefficient (Wildman–Crippen LogP) is 3.30. The lowest BCUT2D eigenvalue weighted by Gasteiger charge is -2.13. The minimum absolute atomic E-state index is 0.378. The summed E-state index contributed by atoms with van der Waals surface area (Å²) in [6.45, 7) is 1.98. The second-order valence-electron chi connectivity index (χ2n) is 4.87. The van der Waals surface area contributed by atoms with E-state index in [4.69, 9.17) is 0 Å². The van der Waals surface area contributed by atoms with Crippen molar-refractivity contribution in [3.05, 3.63) is 34.4 Å². The lowest BCUT2D eigenvalue weighted by molar-refractivity contribution is -0.139. The number of halogens is 1. The van der Waals surface area contributed by atoms with Crippen molar-refractivity contribution < 1.29 is 14.7 Å². The first-order valence-electron chi connectivity index (χ1n) is 6.83. The molecule has 0 spiro atoms. The number of aromatic nitrogens is 1. The Kier molecular flexibility index (Phi) is 5.01. The van der Waals surface area contributed by atoms with E-state index in [1.54, 1.807) is 6.20 Å². The van der Waals surface area contributed by atoms with Crippen molar-refractivity contribution in [2.45, 2.75) is 32.2 Å². The average Bonchev–Trinajstić information content (AvgIpc) is 2.88. The van der Waals surface area contributed by atoms with Crippen LogP contribution in [0.15, 0.2) is 28.9 Å². The first-order valence-corrected chi connectivity index (χ1v) is 7.63. The fourth-order valence-electron chi connectivity index (χ4n) is 2.22. The molecule has 5 nitrogen and oxygen atoms in total. The molecule has 0 saturated carbocycles. The summed E-state index contributed by atoms with van der Waals surface area (Å²) in [6.07, 6.45) is 3.68. The van der Waals surface area contributed by atoms with E-state index in [1.807, 2.05) is 25.1 Å². The van der Waals surface area contributed by atoms with E-state index in [0.29, 0.717) is 12.0 Å². The highest BCUT2D eigenvalue weighted by Crippen LogP contribution is 2.26. The van der Waals surface area contributed by atoms with Gasteiger partial charge in [-0.15, -0.1) is 0 Å². The van der Waals surface area contributed by atoms with Gasteiger partial charge in [-0.2, -0.15) is 0 Å². The molecule has 1 heterocycles. The molecule has 6 heteroatoms. The number of carboxylic acids is 1. The van der Waals surface area contributed by atoms with Crippen LogP contribution in [0.2, 0.25) is 0 Å². The highest BCUT2D eigenvalue weighted by molar-refractivity contribution is 9.10. The maximum Gasteiger partial charge on any atom is 0.326 e. The lowest BCUT2D eigenvalue weighted by atomic mass is 10.1. The summed E-state index contributed by atoms with van der Waals surface area (Å²) in [5, 5.41) is 12.5. The number of aromatic amines is 1. The summed E-state index contributed by atoms with van der Waals surface area (Å²) in [4.78, 5) is 26.6. The van der Waals surface area contributed by atoms with Crippen LogP contribution in [0.3, 0.4) is 0 Å². The Bertz CT molecular complexity index is 666. The number of hydrogen-bond acceptors (Lipinski definition) is 2. The Morgan fingerprint density at radius 2 is 2.19 bits per heavy atom. The molecule has 0 fully saturated rings. The minimum Gasteiger partial charge on any atom is -0.480 e. The monoisotopic (exact) mass is 352 g/mol. The number of carbonyl (C=O) groups excluding carboxylic acids is 1. The number of hydrogen-bond donors (Lipinski definition) is 3. The molecule has 0 radical (unpaired) electrons. The van der Waals surface area contributed by atoms with Gasteiger partial charge in [0.25, 0.3) is 5.91 Å². The van der Waals surface area contributed by atoms with Gasteiger partial charge in [0, 0.05) is 21.6 Å². The van der Waals surface area contributed by atoms with Crippen LogP contribution in [0, 0.1) is 0 Å². The summed E-state index contributed by atoms with van der Waals surface area (Å²) >= 11 is 3.42. The molecule has 21 heavy (non-hydrogen) atoms. The number of benzene rings is 1. The molecular formula is C15H17BrN2O3. The van der Waals surface area contributed by atoms with Crippen LogP contribution >= 0.6 is 15.9 Å². The standard InChI is InChI=1S/C15H17BrN2O3/c1-2-3-6-12(15(20)21)18-14(19)9-8-17-11-7-4-5-10(16)13(9)11/h4-5,7-8,12,17H,2-3,6H2,1H3,(H,18,19)(H,20,21). The number of aliphatic carboxylic acids is 1. The molecule has 0 aliphatic heterocycles. The van der Waals surface area contributed by atoms with E-state index >= 15 is 0 Å². The van der Waals surface area contributed by atoms with Gasteiger partial charge in [0.1, 0.15) is 6.04 Å². The topological polar surface area (TPSA) is 82.2 Å². The second kappa shape index (κ2) is 6.76. The van der Waals surface area contributed by atoms with E-state index in [1.165, 1.54) is 0 Å². The fourth-order valence-corrected chi connectivity index (χ4v) is 2.80. The smallest absolute Gasteiger partial charge is 0.326 e. The van der Waals surface area contributed by atoms with Crippen LogP contribution in [0.25, 0.3) is 10.9 Å². The quantitative estimate of drug-likeness (QED) is 0.745. The molecule has 2 rings (SSSR count). The van der Waals surface area contributed by atoms with Gasteiger partial charge in [0.15, 0.2) is 0 Å². The third-order valence-electron chi connectivity index (χ3n) is 3.35. The zero-order chi connectivity index (χ0) is 15.4. The maximum atomic E-state index is 12.3. The van der Waals surface area contributed by atoms with Crippen molar-refractivity contribution in [3.8, 4) is 0 Å². The molecule has 1 amide bonds. The van der Waals surface area contributed by atoms with Crippen LogP contribution in [0.1, 0.15) is 36.5 Å². The molecule has 2 aromatic rings. The number of unbranched alkanes of at least 4 members (excludes halogenated alkanes) is 1. The molecule has 1 aromatic heterocycles. The van der Waals surface area contributed by atoms with Crippen LogP contribution in [-0.2, 0) is 4.79 Å². The molecule has 1 atom stereocenters. The van der Waals surface area contributed by atoms with Gasteiger partial charge in [-0.1, -0.05) is 41.8 Å². The van der Waals surface area contributed by atoms with E-state index in [-0.39, 0.29) is 5.91 Å². The molecule has 1 aromatic carbocycles. The zero-order valence-electron chi connectivity index (χ0n) is 11.6. The van der Waals surface area contributed by atoms with Crippen molar-refractivity contribution in [1.82, 2.24) is 10.3 Å². The summed E-state index contributed by atoms with van der Waals surface area (Å²) in [6, 6.07) is 4.72. The Balaban J connectivity index is 2.23. The van der Waals surface area contributed by atoms with Gasteiger partial charge in [-0.3, -0.25) is 4.79 Å². The Morgan fingerprint density at radius 1 is 1.43 bits per heavy atom. The fraction of sp³-hybridized carbons (Fsp3) is 0.333. The first kappa shape index (κ1) is 15.6. The van der Waals surface area contributed by atoms with Crippen molar-refractivity contribution >= 4 is 38.7 Å². The second-order valence-corrected chi connectivity index (χ2v) is 5.73. The average molecular weight is 353 g/mol. The third-order valence-corrected chi connectivity index (χ3v) is 4.01.